The molecular formula is C7H14N2O3S. The van der Waals surface area contributed by atoms with E-state index >= 15 is 0 Å². The third-order valence-corrected chi connectivity index (χ3v) is 1.38. The maximum absolute atomic E-state index is 10.8. The molecule has 0 radical (unpaired) electrons. The highest BCUT2D eigenvalue weighted by Gasteiger charge is 1.98. The summed E-state index contributed by atoms with van der Waals surface area (Å²) in [6.07, 6.45) is 0.388. The van der Waals surface area contributed by atoms with Gasteiger partial charge in [0.1, 0.15) is 6.61 Å². The van der Waals surface area contributed by atoms with Gasteiger partial charge < -0.3 is 15.8 Å². The molecule has 0 aromatic rings. The summed E-state index contributed by atoms with van der Waals surface area (Å²) in [5, 5.41) is 2.59. The molecule has 6 heteroatoms. The zero-order valence-corrected chi connectivity index (χ0v) is 8.18. The van der Waals surface area contributed by atoms with Gasteiger partial charge in [-0.05, 0) is 5.75 Å². The average Bonchev–Trinajstić information content (AvgIpc) is 2.03. The minimum atomic E-state index is -0.512. The molecule has 0 heterocycles. The number of nitrogens with two attached hydrogens (primary N) is 1. The first kappa shape index (κ1) is 12.2. The molecule has 0 aromatic heterocycles. The highest BCUT2D eigenvalue weighted by Crippen LogP contribution is 1.82. The number of hydrogen-bond acceptors (Lipinski definition) is 4. The molecule has 0 fully saturated rings. The Morgan fingerprint density at radius 1 is 1.46 bits per heavy atom. The zero-order chi connectivity index (χ0) is 10.1. The van der Waals surface area contributed by atoms with Crippen LogP contribution in [0.15, 0.2) is 0 Å². The molecule has 0 aliphatic heterocycles. The van der Waals surface area contributed by atoms with E-state index < -0.39 is 5.91 Å². The molecule has 0 bridgehead atoms. The lowest BCUT2D eigenvalue weighted by molar-refractivity contribution is -0.122. The minimum Gasteiger partial charge on any atom is -0.370 e. The van der Waals surface area contributed by atoms with Crippen LogP contribution in [0.5, 0.6) is 0 Å². The predicted octanol–water partition coefficient (Wildman–Crippen LogP) is -1.08. The quantitative estimate of drug-likeness (QED) is 0.366. The van der Waals surface area contributed by atoms with Crippen molar-refractivity contribution >= 4 is 24.4 Å². The Morgan fingerprint density at radius 3 is 2.69 bits per heavy atom. The molecular weight excluding hydrogens is 192 g/mol. The van der Waals surface area contributed by atoms with E-state index in [2.05, 4.69) is 17.9 Å². The molecule has 2 amide bonds. The monoisotopic (exact) mass is 206 g/mol. The minimum absolute atomic E-state index is 0.0716. The van der Waals surface area contributed by atoms with Crippen molar-refractivity contribution in [2.24, 2.45) is 5.73 Å². The number of primary amides is 1. The Kier molecular flexibility index (Phi) is 7.42. The number of amides is 2. The first-order valence-corrected chi connectivity index (χ1v) is 4.53. The summed E-state index contributed by atoms with van der Waals surface area (Å²) in [5.74, 6) is -0.0621. The lowest BCUT2D eigenvalue weighted by Gasteiger charge is -2.03. The number of rotatable bonds is 7. The average molecular weight is 206 g/mol. The van der Waals surface area contributed by atoms with E-state index in [1.807, 2.05) is 0 Å². The normalized spacial score (nSPS) is 9.62. The van der Waals surface area contributed by atoms with Crippen LogP contribution in [-0.4, -0.2) is 37.3 Å². The maximum Gasteiger partial charge on any atom is 0.243 e. The molecule has 76 valence electrons. The lowest BCUT2D eigenvalue weighted by atomic mass is 10.4. The summed E-state index contributed by atoms with van der Waals surface area (Å²) in [6, 6.07) is 0. The number of carbonyl (C=O) groups excluding carboxylic acids is 2. The Balaban J connectivity index is 3.16. The molecule has 0 aliphatic carbocycles. The van der Waals surface area contributed by atoms with E-state index in [9.17, 15) is 9.59 Å². The van der Waals surface area contributed by atoms with Crippen LogP contribution >= 0.6 is 12.6 Å². The summed E-state index contributed by atoms with van der Waals surface area (Å²) >= 11 is 3.90. The summed E-state index contributed by atoms with van der Waals surface area (Å²) in [4.78, 5) is 21.0. The van der Waals surface area contributed by atoms with Gasteiger partial charge in [0.05, 0.1) is 6.61 Å². The molecule has 13 heavy (non-hydrogen) atoms. The van der Waals surface area contributed by atoms with E-state index in [0.717, 1.165) is 0 Å². The Hall–Kier alpha value is -0.750. The van der Waals surface area contributed by atoms with Gasteiger partial charge in [0.15, 0.2) is 0 Å². The van der Waals surface area contributed by atoms with Crippen LogP contribution in [0, 0.1) is 0 Å². The molecule has 0 rings (SSSR count). The van der Waals surface area contributed by atoms with Crippen LogP contribution in [-0.2, 0) is 14.3 Å². The number of ether oxygens (including phenoxy) is 1. The first-order chi connectivity index (χ1) is 6.16. The van der Waals surface area contributed by atoms with Crippen molar-refractivity contribution in [2.45, 2.75) is 6.42 Å². The highest BCUT2D eigenvalue weighted by molar-refractivity contribution is 7.80. The lowest BCUT2D eigenvalue weighted by Crippen LogP contribution is -2.28. The standard InChI is InChI=1S/C7H14N2O3S/c8-6(10)5-12-3-2-9-7(11)1-4-13/h13H,1-5H2,(H2,8,10)(H,9,11). The molecule has 0 saturated carbocycles. The van der Waals surface area contributed by atoms with E-state index in [-0.39, 0.29) is 12.5 Å². The summed E-state index contributed by atoms with van der Waals surface area (Å²) in [5.41, 5.74) is 4.82. The fourth-order valence-corrected chi connectivity index (χ4v) is 0.828. The number of nitrogens with one attached hydrogen (secondary N) is 1. The number of thiol groups is 1. The molecule has 3 N–H and O–H groups in total. The third kappa shape index (κ3) is 9.16. The molecule has 0 saturated heterocycles. The SMILES string of the molecule is NC(=O)COCCNC(=O)CCS. The van der Waals surface area contributed by atoms with Crippen molar-refractivity contribution in [2.75, 3.05) is 25.5 Å². The van der Waals surface area contributed by atoms with Crippen molar-refractivity contribution in [3.63, 3.8) is 0 Å². The van der Waals surface area contributed by atoms with Crippen molar-refractivity contribution in [3.05, 3.63) is 0 Å². The van der Waals surface area contributed by atoms with Gasteiger partial charge in [-0.1, -0.05) is 0 Å². The van der Waals surface area contributed by atoms with Gasteiger partial charge >= 0.3 is 0 Å². The van der Waals surface area contributed by atoms with Crippen LogP contribution in [0.4, 0.5) is 0 Å². The smallest absolute Gasteiger partial charge is 0.243 e. The van der Waals surface area contributed by atoms with Gasteiger partial charge in [-0.25, -0.2) is 0 Å². The van der Waals surface area contributed by atoms with Crippen molar-refractivity contribution in [1.82, 2.24) is 5.32 Å². The summed E-state index contributed by atoms with van der Waals surface area (Å²) in [6.45, 7) is 0.573. The van der Waals surface area contributed by atoms with Gasteiger partial charge in [-0.15, -0.1) is 0 Å². The summed E-state index contributed by atoms with van der Waals surface area (Å²) < 4.78 is 4.82. The van der Waals surface area contributed by atoms with E-state index in [0.29, 0.717) is 25.3 Å². The Morgan fingerprint density at radius 2 is 2.15 bits per heavy atom. The van der Waals surface area contributed by atoms with Crippen LogP contribution in [0.25, 0.3) is 0 Å². The number of carbonyl (C=O) groups is 2. The van der Waals surface area contributed by atoms with Crippen molar-refractivity contribution < 1.29 is 14.3 Å². The molecule has 0 atom stereocenters. The first-order valence-electron chi connectivity index (χ1n) is 3.90. The zero-order valence-electron chi connectivity index (χ0n) is 7.28. The summed E-state index contributed by atoms with van der Waals surface area (Å²) in [7, 11) is 0. The second-order valence-electron chi connectivity index (χ2n) is 2.34. The van der Waals surface area contributed by atoms with Crippen LogP contribution in [0.2, 0.25) is 0 Å². The van der Waals surface area contributed by atoms with Crippen molar-refractivity contribution in [3.8, 4) is 0 Å². The van der Waals surface area contributed by atoms with Gasteiger partial charge in [0, 0.05) is 13.0 Å². The molecule has 0 aromatic carbocycles. The van der Waals surface area contributed by atoms with E-state index in [1.54, 1.807) is 0 Å². The molecule has 0 aliphatic rings. The van der Waals surface area contributed by atoms with Gasteiger partial charge in [-0.3, -0.25) is 9.59 Å². The highest BCUT2D eigenvalue weighted by atomic mass is 32.1. The Labute approximate surface area is 82.4 Å². The predicted molar refractivity (Wildman–Crippen MR) is 51.5 cm³/mol. The van der Waals surface area contributed by atoms with E-state index in [4.69, 9.17) is 10.5 Å². The topological polar surface area (TPSA) is 81.4 Å². The van der Waals surface area contributed by atoms with Crippen LogP contribution in [0.1, 0.15) is 6.42 Å². The number of hydrogen-bond donors (Lipinski definition) is 3. The second kappa shape index (κ2) is 7.88. The fourth-order valence-electron chi connectivity index (χ4n) is 0.625. The molecule has 0 unspecified atom stereocenters. The maximum atomic E-state index is 10.8. The van der Waals surface area contributed by atoms with Gasteiger partial charge in [0.25, 0.3) is 0 Å². The van der Waals surface area contributed by atoms with Crippen LogP contribution in [0.3, 0.4) is 0 Å². The fraction of sp³-hybridized carbons (Fsp3) is 0.714. The Bertz CT molecular complexity index is 175. The van der Waals surface area contributed by atoms with E-state index in [1.165, 1.54) is 0 Å². The van der Waals surface area contributed by atoms with Crippen LogP contribution < -0.4 is 11.1 Å². The van der Waals surface area contributed by atoms with Crippen molar-refractivity contribution in [1.29, 1.82) is 0 Å². The third-order valence-electron chi connectivity index (χ3n) is 1.15. The van der Waals surface area contributed by atoms with Gasteiger partial charge in [-0.2, -0.15) is 12.6 Å². The second-order valence-corrected chi connectivity index (χ2v) is 2.79. The largest absolute Gasteiger partial charge is 0.370 e. The molecule has 5 nitrogen and oxygen atoms in total. The van der Waals surface area contributed by atoms with Gasteiger partial charge in [0.2, 0.25) is 11.8 Å². The molecule has 0 spiro atoms.